The van der Waals surface area contributed by atoms with Gasteiger partial charge in [-0.1, -0.05) is 36.7 Å². The minimum atomic E-state index is 0.623. The van der Waals surface area contributed by atoms with Gasteiger partial charge in [0.1, 0.15) is 0 Å². The summed E-state index contributed by atoms with van der Waals surface area (Å²) >= 11 is 1.79. The van der Waals surface area contributed by atoms with Crippen molar-refractivity contribution in [2.75, 3.05) is 26.2 Å². The van der Waals surface area contributed by atoms with Crippen LogP contribution in [0.1, 0.15) is 37.7 Å². The molecule has 2 aromatic heterocycles. The number of methoxy groups -OCH3 is 2. The Kier molecular flexibility index (Phi) is 5.44. The Labute approximate surface area is 186 Å². The van der Waals surface area contributed by atoms with Crippen molar-refractivity contribution in [1.82, 2.24) is 14.5 Å². The van der Waals surface area contributed by atoms with E-state index < -0.39 is 0 Å². The smallest absolute Gasteiger partial charge is 0.186 e. The van der Waals surface area contributed by atoms with Crippen LogP contribution >= 0.6 is 11.3 Å². The summed E-state index contributed by atoms with van der Waals surface area (Å²) < 4.78 is 14.3. The molecule has 0 radical (unpaired) electrons. The summed E-state index contributed by atoms with van der Waals surface area (Å²) in [5.74, 6) is 1.41. The molecule has 0 N–H and O–H groups in total. The highest BCUT2D eigenvalue weighted by Gasteiger charge is 2.21. The lowest BCUT2D eigenvalue weighted by molar-refractivity contribution is 0.355. The normalized spacial score (nSPS) is 14.9. The van der Waals surface area contributed by atoms with Crippen LogP contribution in [0, 0.1) is 0 Å². The quantitative estimate of drug-likeness (QED) is 0.401. The molecule has 162 valence electrons. The van der Waals surface area contributed by atoms with E-state index in [1.807, 2.05) is 18.5 Å². The Morgan fingerprint density at radius 1 is 1.03 bits per heavy atom. The van der Waals surface area contributed by atoms with Crippen molar-refractivity contribution < 1.29 is 9.47 Å². The van der Waals surface area contributed by atoms with Crippen LogP contribution in [-0.4, -0.2) is 41.8 Å². The zero-order chi connectivity index (χ0) is 21.4. The van der Waals surface area contributed by atoms with Gasteiger partial charge in [0.15, 0.2) is 16.6 Å². The molecule has 5 rings (SSSR count). The lowest BCUT2D eigenvalue weighted by Gasteiger charge is -2.30. The van der Waals surface area contributed by atoms with Crippen molar-refractivity contribution in [1.29, 1.82) is 0 Å². The molecule has 31 heavy (non-hydrogen) atoms. The molecule has 6 nitrogen and oxygen atoms in total. The van der Waals surface area contributed by atoms with Gasteiger partial charge in [0.05, 0.1) is 41.8 Å². The number of fused-ring (bicyclic) bond motifs is 2. The minimum Gasteiger partial charge on any atom is -0.493 e. The summed E-state index contributed by atoms with van der Waals surface area (Å²) in [7, 11) is 5.50. The SMILES string of the molecule is COc1cc2ncn(Cc3ccc4nc(N(C)C5CCCCC5)sc4c3)c2cc1OC. The Morgan fingerprint density at radius 3 is 2.58 bits per heavy atom. The summed E-state index contributed by atoms with van der Waals surface area (Å²) in [6.07, 6.45) is 8.47. The first-order valence-corrected chi connectivity index (χ1v) is 11.7. The number of benzene rings is 2. The molecular formula is C24H28N4O2S. The number of hydrogen-bond acceptors (Lipinski definition) is 6. The summed E-state index contributed by atoms with van der Waals surface area (Å²) in [4.78, 5) is 11.9. The summed E-state index contributed by atoms with van der Waals surface area (Å²) in [5.41, 5.74) is 4.23. The fourth-order valence-corrected chi connectivity index (χ4v) is 5.60. The zero-order valence-electron chi connectivity index (χ0n) is 18.3. The molecule has 0 atom stereocenters. The molecule has 1 aliphatic carbocycles. The fraction of sp³-hybridized carbons (Fsp3) is 0.417. The van der Waals surface area contributed by atoms with Crippen LogP contribution in [0.4, 0.5) is 5.13 Å². The maximum absolute atomic E-state index is 5.47. The van der Waals surface area contributed by atoms with Gasteiger partial charge in [-0.05, 0) is 30.5 Å². The number of aromatic nitrogens is 3. The van der Waals surface area contributed by atoms with Crippen molar-refractivity contribution in [2.45, 2.75) is 44.7 Å². The molecule has 2 heterocycles. The Hall–Kier alpha value is -2.80. The molecule has 1 fully saturated rings. The zero-order valence-corrected chi connectivity index (χ0v) is 19.1. The van der Waals surface area contributed by atoms with Crippen LogP contribution in [0.5, 0.6) is 11.5 Å². The summed E-state index contributed by atoms with van der Waals surface area (Å²) in [6.45, 7) is 0.744. The van der Waals surface area contributed by atoms with Crippen molar-refractivity contribution >= 4 is 37.7 Å². The second-order valence-electron chi connectivity index (χ2n) is 8.27. The third-order valence-corrected chi connectivity index (χ3v) is 7.45. The highest BCUT2D eigenvalue weighted by molar-refractivity contribution is 7.22. The van der Waals surface area contributed by atoms with E-state index in [0.717, 1.165) is 28.2 Å². The predicted octanol–water partition coefficient (Wildman–Crippen LogP) is 5.48. The van der Waals surface area contributed by atoms with Gasteiger partial charge in [0, 0.05) is 31.8 Å². The van der Waals surface area contributed by atoms with E-state index in [1.165, 1.54) is 42.4 Å². The molecule has 0 aliphatic heterocycles. The third-order valence-electron chi connectivity index (χ3n) is 6.34. The molecule has 0 bridgehead atoms. The number of hydrogen-bond donors (Lipinski definition) is 0. The van der Waals surface area contributed by atoms with Crippen molar-refractivity contribution in [2.24, 2.45) is 0 Å². The number of rotatable bonds is 6. The largest absolute Gasteiger partial charge is 0.493 e. The van der Waals surface area contributed by atoms with E-state index in [4.69, 9.17) is 14.5 Å². The molecule has 0 spiro atoms. The molecule has 1 saturated carbocycles. The summed E-state index contributed by atoms with van der Waals surface area (Å²) in [5, 5.41) is 1.13. The van der Waals surface area contributed by atoms with Gasteiger partial charge in [0.25, 0.3) is 0 Å². The molecule has 0 saturated heterocycles. The molecular weight excluding hydrogens is 408 g/mol. The maximum Gasteiger partial charge on any atom is 0.186 e. The minimum absolute atomic E-state index is 0.623. The van der Waals surface area contributed by atoms with Crippen molar-refractivity contribution in [3.05, 3.63) is 42.2 Å². The van der Waals surface area contributed by atoms with E-state index in [-0.39, 0.29) is 0 Å². The van der Waals surface area contributed by atoms with Crippen molar-refractivity contribution in [3.63, 3.8) is 0 Å². The van der Waals surface area contributed by atoms with E-state index in [9.17, 15) is 0 Å². The van der Waals surface area contributed by atoms with Gasteiger partial charge < -0.3 is 18.9 Å². The third kappa shape index (κ3) is 3.82. The van der Waals surface area contributed by atoms with E-state index >= 15 is 0 Å². The van der Waals surface area contributed by atoms with Gasteiger partial charge in [-0.15, -0.1) is 0 Å². The first kappa shape index (κ1) is 20.1. The lowest BCUT2D eigenvalue weighted by Crippen LogP contribution is -2.33. The van der Waals surface area contributed by atoms with Gasteiger partial charge in [-0.25, -0.2) is 9.97 Å². The first-order valence-electron chi connectivity index (χ1n) is 10.9. The highest BCUT2D eigenvalue weighted by atomic mass is 32.1. The Morgan fingerprint density at radius 2 is 1.81 bits per heavy atom. The second kappa shape index (κ2) is 8.38. The topological polar surface area (TPSA) is 52.4 Å². The predicted molar refractivity (Wildman–Crippen MR) is 127 cm³/mol. The van der Waals surface area contributed by atoms with E-state index in [1.54, 1.807) is 25.6 Å². The first-order chi connectivity index (χ1) is 15.2. The standard InChI is InChI=1S/C24H28N4O2S/c1-27(17-7-5-4-6-8-17)24-26-18-10-9-16(11-23(18)31-24)14-28-15-25-19-12-21(29-2)22(30-3)13-20(19)28/h9-13,15,17H,4-8,14H2,1-3H3. The molecule has 1 aliphatic rings. The van der Waals surface area contributed by atoms with Crippen LogP contribution in [0.15, 0.2) is 36.7 Å². The second-order valence-corrected chi connectivity index (χ2v) is 9.28. The number of anilines is 1. The molecule has 0 unspecified atom stereocenters. The maximum atomic E-state index is 5.47. The molecule has 0 amide bonds. The molecule has 2 aromatic carbocycles. The fourth-order valence-electron chi connectivity index (χ4n) is 4.54. The Balaban J connectivity index is 1.42. The van der Waals surface area contributed by atoms with Crippen LogP contribution < -0.4 is 14.4 Å². The lowest BCUT2D eigenvalue weighted by atomic mass is 9.95. The van der Waals surface area contributed by atoms with E-state index in [0.29, 0.717) is 17.5 Å². The number of ether oxygens (including phenoxy) is 2. The van der Waals surface area contributed by atoms with Crippen LogP contribution in [0.2, 0.25) is 0 Å². The summed E-state index contributed by atoms with van der Waals surface area (Å²) in [6, 6.07) is 11.1. The molecule has 7 heteroatoms. The molecule has 4 aromatic rings. The van der Waals surface area contributed by atoms with Gasteiger partial charge in [-0.3, -0.25) is 0 Å². The van der Waals surface area contributed by atoms with Crippen LogP contribution in [0.3, 0.4) is 0 Å². The van der Waals surface area contributed by atoms with Crippen LogP contribution in [0.25, 0.3) is 21.3 Å². The number of imidazole rings is 1. The number of thiazole rings is 1. The van der Waals surface area contributed by atoms with Crippen LogP contribution in [-0.2, 0) is 6.54 Å². The highest BCUT2D eigenvalue weighted by Crippen LogP contribution is 2.34. The van der Waals surface area contributed by atoms with Gasteiger partial charge >= 0.3 is 0 Å². The van der Waals surface area contributed by atoms with Crippen molar-refractivity contribution in [3.8, 4) is 11.5 Å². The Bertz CT molecular complexity index is 1210. The number of nitrogens with zero attached hydrogens (tertiary/aromatic N) is 4. The van der Waals surface area contributed by atoms with Gasteiger partial charge in [-0.2, -0.15) is 0 Å². The van der Waals surface area contributed by atoms with E-state index in [2.05, 4.69) is 39.7 Å². The average Bonchev–Trinajstić information content (AvgIpc) is 3.41. The monoisotopic (exact) mass is 436 g/mol. The average molecular weight is 437 g/mol. The van der Waals surface area contributed by atoms with Gasteiger partial charge in [0.2, 0.25) is 0 Å².